The molecule has 0 aliphatic carbocycles. The number of carbonyl (C=O) groups is 2. The summed E-state index contributed by atoms with van der Waals surface area (Å²) in [5.74, 6) is 14.8. The van der Waals surface area contributed by atoms with E-state index in [0.717, 1.165) is 31.8 Å². The minimum Gasteiger partial charge on any atom is -0.478 e. The first-order valence-corrected chi connectivity index (χ1v) is 8.93. The lowest BCUT2D eigenvalue weighted by molar-refractivity contribution is -0.131. The number of rotatable bonds is 10. The van der Waals surface area contributed by atoms with Crippen LogP contribution >= 0.6 is 0 Å². The SMILES string of the molecule is C#CC#CCC/C=C/C(=O)CCC(C)CC.C#CC#CCC/C=C/C(=O)O. The number of ketones is 1. The lowest BCUT2D eigenvalue weighted by Crippen LogP contribution is -1.98. The number of hydrogen-bond acceptors (Lipinski definition) is 2. The highest BCUT2D eigenvalue weighted by Gasteiger charge is 2.01. The van der Waals surface area contributed by atoms with E-state index in [4.69, 9.17) is 18.0 Å². The second kappa shape index (κ2) is 20.9. The Morgan fingerprint density at radius 1 is 1.00 bits per heavy atom. The Labute approximate surface area is 164 Å². The van der Waals surface area contributed by atoms with Crippen LogP contribution in [0.1, 0.15) is 58.8 Å². The van der Waals surface area contributed by atoms with Gasteiger partial charge < -0.3 is 5.11 Å². The summed E-state index contributed by atoms with van der Waals surface area (Å²) in [4.78, 5) is 21.3. The second-order valence-corrected chi connectivity index (χ2v) is 5.63. The average Bonchev–Trinajstić information content (AvgIpc) is 2.65. The molecule has 0 heterocycles. The van der Waals surface area contributed by atoms with Gasteiger partial charge in [-0.1, -0.05) is 44.3 Å². The largest absolute Gasteiger partial charge is 0.478 e. The smallest absolute Gasteiger partial charge is 0.327 e. The van der Waals surface area contributed by atoms with Gasteiger partial charge in [0.05, 0.1) is 0 Å². The quantitative estimate of drug-likeness (QED) is 0.355. The second-order valence-electron chi connectivity index (χ2n) is 5.63. The molecule has 0 amide bonds. The summed E-state index contributed by atoms with van der Waals surface area (Å²) in [7, 11) is 0. The van der Waals surface area contributed by atoms with Gasteiger partial charge >= 0.3 is 5.97 Å². The van der Waals surface area contributed by atoms with Crippen molar-refractivity contribution in [2.24, 2.45) is 5.92 Å². The molecule has 0 aliphatic heterocycles. The third-order valence-electron chi connectivity index (χ3n) is 3.34. The van der Waals surface area contributed by atoms with Crippen LogP contribution in [0, 0.1) is 54.3 Å². The van der Waals surface area contributed by atoms with Crippen molar-refractivity contribution in [1.82, 2.24) is 0 Å². The van der Waals surface area contributed by atoms with Crippen LogP contribution in [0.15, 0.2) is 24.3 Å². The molecule has 0 aromatic carbocycles. The molecular formula is C24H28O3. The topological polar surface area (TPSA) is 54.4 Å². The molecule has 1 N–H and O–H groups in total. The Bertz CT molecular complexity index is 688. The van der Waals surface area contributed by atoms with Crippen molar-refractivity contribution in [3.63, 3.8) is 0 Å². The van der Waals surface area contributed by atoms with Gasteiger partial charge in [-0.05, 0) is 54.9 Å². The number of aliphatic carboxylic acids is 1. The van der Waals surface area contributed by atoms with Crippen molar-refractivity contribution in [1.29, 1.82) is 0 Å². The molecule has 0 fully saturated rings. The molecule has 1 atom stereocenters. The highest BCUT2D eigenvalue weighted by atomic mass is 16.4. The molecule has 3 nitrogen and oxygen atoms in total. The molecule has 142 valence electrons. The molecule has 0 aromatic rings. The Morgan fingerprint density at radius 2 is 1.52 bits per heavy atom. The number of carboxylic acid groups (broad SMARTS) is 1. The van der Waals surface area contributed by atoms with Crippen LogP contribution in [0.25, 0.3) is 0 Å². The molecule has 1 unspecified atom stereocenters. The Balaban J connectivity index is 0. The fraction of sp³-hybridized carbons (Fsp3) is 0.417. The van der Waals surface area contributed by atoms with E-state index in [0.29, 0.717) is 25.2 Å². The molecule has 0 saturated carbocycles. The van der Waals surface area contributed by atoms with Gasteiger partial charge in [-0.15, -0.1) is 12.8 Å². The first-order valence-electron chi connectivity index (χ1n) is 8.93. The minimum absolute atomic E-state index is 0.213. The molecule has 0 radical (unpaired) electrons. The third kappa shape index (κ3) is 25.2. The van der Waals surface area contributed by atoms with E-state index in [1.54, 1.807) is 12.2 Å². The maximum Gasteiger partial charge on any atom is 0.327 e. The summed E-state index contributed by atoms with van der Waals surface area (Å²) in [6.07, 6.45) is 21.5. The van der Waals surface area contributed by atoms with Gasteiger partial charge in [0.25, 0.3) is 0 Å². The predicted octanol–water partition coefficient (Wildman–Crippen LogP) is 4.40. The zero-order chi connectivity index (χ0) is 20.8. The van der Waals surface area contributed by atoms with Crippen LogP contribution in [-0.4, -0.2) is 16.9 Å². The first kappa shape index (κ1) is 26.1. The standard InChI is InChI=1S/C15H20O.C9H8O2/c1-4-6-7-8-9-10-11-15(16)13-12-14(3)5-2;1-2-3-4-5-6-7-8-9(10)11/h1,10-11,14H,5,8-9,12-13H2,2-3H3;1,7-8H,5-6H2,(H,10,11)/b11-10+;8-7+. The fourth-order valence-electron chi connectivity index (χ4n) is 1.61. The van der Waals surface area contributed by atoms with Crippen LogP contribution < -0.4 is 0 Å². The van der Waals surface area contributed by atoms with Gasteiger partial charge in [0.2, 0.25) is 0 Å². The van der Waals surface area contributed by atoms with Crippen LogP contribution in [0.2, 0.25) is 0 Å². The maximum atomic E-state index is 11.4. The van der Waals surface area contributed by atoms with Gasteiger partial charge in [0.15, 0.2) is 5.78 Å². The number of terminal acetylenes is 2. The maximum absolute atomic E-state index is 11.4. The number of hydrogen-bond donors (Lipinski definition) is 1. The van der Waals surface area contributed by atoms with Gasteiger partial charge in [-0.25, -0.2) is 4.79 Å². The van der Waals surface area contributed by atoms with E-state index in [-0.39, 0.29) is 5.78 Å². The number of carbonyl (C=O) groups excluding carboxylic acids is 1. The molecule has 3 heteroatoms. The summed E-state index contributed by atoms with van der Waals surface area (Å²) < 4.78 is 0. The Hall–Kier alpha value is -3.14. The Morgan fingerprint density at radius 3 is 1.96 bits per heavy atom. The number of unbranched alkanes of at least 4 members (excludes halogenated alkanes) is 2. The molecule has 0 spiro atoms. The van der Waals surface area contributed by atoms with Gasteiger partial charge in [0, 0.05) is 25.3 Å². The zero-order valence-corrected chi connectivity index (χ0v) is 16.3. The highest BCUT2D eigenvalue weighted by Crippen LogP contribution is 2.09. The monoisotopic (exact) mass is 364 g/mol. The molecule has 0 bridgehead atoms. The Kier molecular flexibility index (Phi) is 20.2. The average molecular weight is 364 g/mol. The highest BCUT2D eigenvalue weighted by molar-refractivity contribution is 5.89. The predicted molar refractivity (Wildman–Crippen MR) is 111 cm³/mol. The van der Waals surface area contributed by atoms with Gasteiger partial charge in [-0.2, -0.15) is 0 Å². The van der Waals surface area contributed by atoms with E-state index in [1.165, 1.54) is 0 Å². The molecule has 0 saturated heterocycles. The summed E-state index contributed by atoms with van der Waals surface area (Å²) in [5, 5.41) is 8.16. The lowest BCUT2D eigenvalue weighted by atomic mass is 10.0. The van der Waals surface area contributed by atoms with Crippen LogP contribution in [-0.2, 0) is 9.59 Å². The number of allylic oxidation sites excluding steroid dienone is 3. The van der Waals surface area contributed by atoms with Crippen LogP contribution in [0.5, 0.6) is 0 Å². The van der Waals surface area contributed by atoms with Crippen molar-refractivity contribution in [2.75, 3.05) is 0 Å². The third-order valence-corrected chi connectivity index (χ3v) is 3.34. The molecule has 0 aromatic heterocycles. The summed E-state index contributed by atoms with van der Waals surface area (Å²) in [6.45, 7) is 4.32. The van der Waals surface area contributed by atoms with Gasteiger partial charge in [-0.3, -0.25) is 4.79 Å². The first-order chi connectivity index (χ1) is 13.0. The normalized spacial score (nSPS) is 10.2. The summed E-state index contributed by atoms with van der Waals surface area (Å²) in [6, 6.07) is 0. The van der Waals surface area contributed by atoms with E-state index in [9.17, 15) is 9.59 Å². The minimum atomic E-state index is -0.935. The van der Waals surface area contributed by atoms with Crippen molar-refractivity contribution in [3.05, 3.63) is 24.3 Å². The van der Waals surface area contributed by atoms with E-state index >= 15 is 0 Å². The van der Waals surface area contributed by atoms with Gasteiger partial charge in [0.1, 0.15) is 0 Å². The molecule has 0 aliphatic rings. The van der Waals surface area contributed by atoms with E-state index < -0.39 is 5.97 Å². The van der Waals surface area contributed by atoms with Crippen molar-refractivity contribution in [2.45, 2.75) is 58.8 Å². The molecular weight excluding hydrogens is 336 g/mol. The van der Waals surface area contributed by atoms with Crippen molar-refractivity contribution >= 4 is 11.8 Å². The zero-order valence-electron chi connectivity index (χ0n) is 16.3. The fourth-order valence-corrected chi connectivity index (χ4v) is 1.61. The van der Waals surface area contributed by atoms with Crippen molar-refractivity contribution in [3.8, 4) is 48.4 Å². The summed E-state index contributed by atoms with van der Waals surface area (Å²) >= 11 is 0. The van der Waals surface area contributed by atoms with E-state index in [2.05, 4.69) is 49.4 Å². The van der Waals surface area contributed by atoms with Crippen LogP contribution in [0.4, 0.5) is 0 Å². The van der Waals surface area contributed by atoms with E-state index in [1.807, 2.05) is 6.08 Å². The lowest BCUT2D eigenvalue weighted by Gasteiger charge is -2.04. The van der Waals surface area contributed by atoms with Crippen LogP contribution in [0.3, 0.4) is 0 Å². The summed E-state index contributed by atoms with van der Waals surface area (Å²) in [5.41, 5.74) is 0. The number of carboxylic acids is 1. The molecule has 0 rings (SSSR count). The molecule has 27 heavy (non-hydrogen) atoms. The van der Waals surface area contributed by atoms with Crippen molar-refractivity contribution < 1.29 is 14.7 Å².